The third-order valence-corrected chi connectivity index (χ3v) is 3.19. The Kier molecular flexibility index (Phi) is 4.16. The molecule has 108 valence electrons. The van der Waals surface area contributed by atoms with Gasteiger partial charge in [-0.05, 0) is 42.0 Å². The van der Waals surface area contributed by atoms with Crippen molar-refractivity contribution in [2.75, 3.05) is 5.01 Å². The number of nitrogens with zero attached hydrogens (tertiary/aromatic N) is 2. The van der Waals surface area contributed by atoms with Gasteiger partial charge in [-0.2, -0.15) is 5.10 Å². The SMILES string of the molecule is Oc1cccc(C=NN(c2ccccc2)c2ccccc2)c1. The van der Waals surface area contributed by atoms with Crippen molar-refractivity contribution >= 4 is 17.6 Å². The van der Waals surface area contributed by atoms with Crippen LogP contribution < -0.4 is 5.01 Å². The first-order chi connectivity index (χ1) is 10.8. The molecule has 0 amide bonds. The monoisotopic (exact) mass is 288 g/mol. The Balaban J connectivity index is 1.96. The van der Waals surface area contributed by atoms with Gasteiger partial charge in [0.15, 0.2) is 0 Å². The summed E-state index contributed by atoms with van der Waals surface area (Å²) in [6, 6.07) is 26.9. The minimum atomic E-state index is 0.231. The Morgan fingerprint density at radius 2 is 1.32 bits per heavy atom. The number of phenolic OH excluding ortho intramolecular Hbond substituents is 1. The summed E-state index contributed by atoms with van der Waals surface area (Å²) in [5.41, 5.74) is 2.80. The number of benzene rings is 3. The lowest BCUT2D eigenvalue weighted by molar-refractivity contribution is 0.475. The van der Waals surface area contributed by atoms with E-state index in [1.807, 2.05) is 71.7 Å². The van der Waals surface area contributed by atoms with Crippen LogP contribution in [0.25, 0.3) is 0 Å². The van der Waals surface area contributed by atoms with Crippen molar-refractivity contribution in [3.8, 4) is 5.75 Å². The van der Waals surface area contributed by atoms with Gasteiger partial charge in [0.05, 0.1) is 17.6 Å². The van der Waals surface area contributed by atoms with Gasteiger partial charge < -0.3 is 5.11 Å². The van der Waals surface area contributed by atoms with Crippen LogP contribution in [-0.2, 0) is 0 Å². The number of aromatic hydroxyl groups is 1. The summed E-state index contributed by atoms with van der Waals surface area (Å²) in [5, 5.41) is 16.0. The summed E-state index contributed by atoms with van der Waals surface area (Å²) in [6.45, 7) is 0. The number of hydrogen-bond donors (Lipinski definition) is 1. The van der Waals surface area contributed by atoms with Gasteiger partial charge in [-0.1, -0.05) is 48.5 Å². The predicted octanol–water partition coefficient (Wildman–Crippen LogP) is 4.56. The maximum absolute atomic E-state index is 9.54. The van der Waals surface area contributed by atoms with Gasteiger partial charge in [0.2, 0.25) is 0 Å². The van der Waals surface area contributed by atoms with Crippen LogP contribution in [-0.4, -0.2) is 11.3 Å². The highest BCUT2D eigenvalue weighted by atomic mass is 16.3. The average molecular weight is 288 g/mol. The number of hydrazone groups is 1. The van der Waals surface area contributed by atoms with Gasteiger partial charge in [-0.25, -0.2) is 5.01 Å². The Hall–Kier alpha value is -3.07. The van der Waals surface area contributed by atoms with Crippen LogP contribution in [0, 0.1) is 0 Å². The molecule has 0 radical (unpaired) electrons. The van der Waals surface area contributed by atoms with Crippen molar-refractivity contribution in [3.63, 3.8) is 0 Å². The first kappa shape index (κ1) is 13.9. The van der Waals surface area contributed by atoms with Crippen LogP contribution in [0.2, 0.25) is 0 Å². The summed E-state index contributed by atoms with van der Waals surface area (Å²) in [5.74, 6) is 0.231. The van der Waals surface area contributed by atoms with Gasteiger partial charge in [0.25, 0.3) is 0 Å². The summed E-state index contributed by atoms with van der Waals surface area (Å²) < 4.78 is 0. The fourth-order valence-corrected chi connectivity index (χ4v) is 2.15. The van der Waals surface area contributed by atoms with Gasteiger partial charge >= 0.3 is 0 Å². The molecule has 0 fully saturated rings. The molecule has 0 aliphatic heterocycles. The van der Waals surface area contributed by atoms with E-state index in [4.69, 9.17) is 0 Å². The number of phenols is 1. The second kappa shape index (κ2) is 6.59. The molecule has 0 spiro atoms. The van der Waals surface area contributed by atoms with Gasteiger partial charge in [0.1, 0.15) is 5.75 Å². The fraction of sp³-hybridized carbons (Fsp3) is 0. The number of rotatable bonds is 4. The van der Waals surface area contributed by atoms with Crippen LogP contribution in [0.1, 0.15) is 5.56 Å². The van der Waals surface area contributed by atoms with Crippen LogP contribution in [0.15, 0.2) is 90.0 Å². The van der Waals surface area contributed by atoms with E-state index in [9.17, 15) is 5.11 Å². The largest absolute Gasteiger partial charge is 0.508 e. The number of para-hydroxylation sites is 2. The van der Waals surface area contributed by atoms with Gasteiger partial charge in [0, 0.05) is 0 Å². The van der Waals surface area contributed by atoms with Crippen LogP contribution in [0.4, 0.5) is 11.4 Å². The lowest BCUT2D eigenvalue weighted by Gasteiger charge is -2.19. The van der Waals surface area contributed by atoms with Crippen LogP contribution >= 0.6 is 0 Å². The molecule has 0 atom stereocenters. The van der Waals surface area contributed by atoms with E-state index in [0.717, 1.165) is 16.9 Å². The third-order valence-electron chi connectivity index (χ3n) is 3.19. The molecule has 3 aromatic rings. The second-order valence-corrected chi connectivity index (χ2v) is 4.82. The van der Waals surface area contributed by atoms with Crippen molar-refractivity contribution < 1.29 is 5.11 Å². The highest BCUT2D eigenvalue weighted by Crippen LogP contribution is 2.25. The first-order valence-corrected chi connectivity index (χ1v) is 7.06. The smallest absolute Gasteiger partial charge is 0.116 e. The Bertz CT molecular complexity index is 715. The molecule has 0 saturated carbocycles. The summed E-state index contributed by atoms with van der Waals surface area (Å²) >= 11 is 0. The molecular weight excluding hydrogens is 272 g/mol. The van der Waals surface area contributed by atoms with Gasteiger partial charge in [-0.3, -0.25) is 0 Å². The molecule has 0 aromatic heterocycles. The van der Waals surface area contributed by atoms with Crippen molar-refractivity contribution in [2.45, 2.75) is 0 Å². The van der Waals surface area contributed by atoms with Crippen LogP contribution in [0.3, 0.4) is 0 Å². The van der Waals surface area contributed by atoms with E-state index in [2.05, 4.69) is 5.10 Å². The van der Waals surface area contributed by atoms with E-state index < -0.39 is 0 Å². The van der Waals surface area contributed by atoms with Crippen molar-refractivity contribution in [1.82, 2.24) is 0 Å². The molecule has 1 N–H and O–H groups in total. The topological polar surface area (TPSA) is 35.8 Å². The standard InChI is InChI=1S/C19H16N2O/c22-19-13-7-8-16(14-19)15-20-21(17-9-3-1-4-10-17)18-11-5-2-6-12-18/h1-15,22H. The minimum absolute atomic E-state index is 0.231. The molecule has 0 heterocycles. The van der Waals surface area contributed by atoms with E-state index in [-0.39, 0.29) is 5.75 Å². The highest BCUT2D eigenvalue weighted by molar-refractivity contribution is 5.82. The van der Waals surface area contributed by atoms with E-state index in [1.165, 1.54) is 0 Å². The highest BCUT2D eigenvalue weighted by Gasteiger charge is 2.06. The fourth-order valence-electron chi connectivity index (χ4n) is 2.15. The summed E-state index contributed by atoms with van der Waals surface area (Å²) in [4.78, 5) is 0. The van der Waals surface area contributed by atoms with Crippen LogP contribution in [0.5, 0.6) is 5.75 Å². The average Bonchev–Trinajstić information content (AvgIpc) is 2.57. The Morgan fingerprint density at radius 1 is 0.727 bits per heavy atom. The normalized spacial score (nSPS) is 10.7. The Labute approximate surface area is 129 Å². The molecular formula is C19H16N2O. The number of anilines is 2. The summed E-state index contributed by atoms with van der Waals surface area (Å²) in [6.07, 6.45) is 1.74. The second-order valence-electron chi connectivity index (χ2n) is 4.82. The van der Waals surface area contributed by atoms with E-state index in [0.29, 0.717) is 0 Å². The lowest BCUT2D eigenvalue weighted by atomic mass is 10.2. The first-order valence-electron chi connectivity index (χ1n) is 7.06. The molecule has 0 saturated heterocycles. The Morgan fingerprint density at radius 3 is 1.86 bits per heavy atom. The van der Waals surface area contributed by atoms with Crippen molar-refractivity contribution in [3.05, 3.63) is 90.5 Å². The van der Waals surface area contributed by atoms with E-state index in [1.54, 1.807) is 24.4 Å². The zero-order chi connectivity index (χ0) is 15.2. The van der Waals surface area contributed by atoms with Crippen molar-refractivity contribution in [1.29, 1.82) is 0 Å². The molecule has 0 aliphatic rings. The maximum Gasteiger partial charge on any atom is 0.116 e. The van der Waals surface area contributed by atoms with Gasteiger partial charge in [-0.15, -0.1) is 0 Å². The predicted molar refractivity (Wildman–Crippen MR) is 90.7 cm³/mol. The quantitative estimate of drug-likeness (QED) is 0.564. The molecule has 3 nitrogen and oxygen atoms in total. The minimum Gasteiger partial charge on any atom is -0.508 e. The zero-order valence-corrected chi connectivity index (χ0v) is 12.0. The maximum atomic E-state index is 9.54. The molecule has 3 heteroatoms. The molecule has 22 heavy (non-hydrogen) atoms. The zero-order valence-electron chi connectivity index (χ0n) is 12.0. The molecule has 0 unspecified atom stereocenters. The lowest BCUT2D eigenvalue weighted by Crippen LogP contribution is -2.09. The van der Waals surface area contributed by atoms with E-state index >= 15 is 0 Å². The molecule has 0 aliphatic carbocycles. The molecule has 3 aromatic carbocycles. The third kappa shape index (κ3) is 3.33. The summed E-state index contributed by atoms with van der Waals surface area (Å²) in [7, 11) is 0. The van der Waals surface area contributed by atoms with Crippen molar-refractivity contribution in [2.24, 2.45) is 5.10 Å². The number of hydrogen-bond acceptors (Lipinski definition) is 3. The molecule has 3 rings (SSSR count). The molecule has 0 bridgehead atoms.